The first-order valence-electron chi connectivity index (χ1n) is 12.5. The van der Waals surface area contributed by atoms with Gasteiger partial charge in [0.15, 0.2) is 11.4 Å². The lowest BCUT2D eigenvalue weighted by Crippen LogP contribution is -2.51. The molecule has 1 aliphatic carbocycles. The van der Waals surface area contributed by atoms with Gasteiger partial charge in [-0.15, -0.1) is 0 Å². The highest BCUT2D eigenvalue weighted by molar-refractivity contribution is 5.85. The smallest absolute Gasteiger partial charge is 0.326 e. The largest absolute Gasteiger partial charge is 0.493 e. The zero-order valence-corrected chi connectivity index (χ0v) is 20.5. The second-order valence-corrected chi connectivity index (χ2v) is 10.1. The van der Waals surface area contributed by atoms with Gasteiger partial charge < -0.3 is 19.8 Å². The minimum atomic E-state index is -0.0278. The first-order chi connectivity index (χ1) is 17.0. The van der Waals surface area contributed by atoms with Crippen LogP contribution in [-0.4, -0.2) is 56.6 Å². The molecule has 1 saturated heterocycles. The number of nitrogens with one attached hydrogen (secondary N) is 2. The van der Waals surface area contributed by atoms with Crippen LogP contribution < -0.4 is 15.7 Å². The third kappa shape index (κ3) is 3.92. The van der Waals surface area contributed by atoms with Crippen LogP contribution in [0.1, 0.15) is 57.1 Å². The third-order valence-corrected chi connectivity index (χ3v) is 7.55. The van der Waals surface area contributed by atoms with Crippen molar-refractivity contribution in [3.8, 4) is 16.9 Å². The van der Waals surface area contributed by atoms with E-state index < -0.39 is 0 Å². The number of hydrogen-bond acceptors (Lipinski definition) is 6. The second-order valence-electron chi connectivity index (χ2n) is 10.1. The van der Waals surface area contributed by atoms with Crippen LogP contribution in [0.4, 0.5) is 0 Å². The number of benzene rings is 1. The van der Waals surface area contributed by atoms with Gasteiger partial charge in [-0.25, -0.2) is 14.3 Å². The molecule has 0 amide bonds. The minimum absolute atomic E-state index is 0.0278. The summed E-state index contributed by atoms with van der Waals surface area (Å²) < 4.78 is 14.6. The van der Waals surface area contributed by atoms with E-state index in [4.69, 9.17) is 9.47 Å². The fourth-order valence-electron chi connectivity index (χ4n) is 5.64. The molecule has 0 atom stereocenters. The molecular weight excluding hydrogens is 444 g/mol. The predicted molar refractivity (Wildman–Crippen MR) is 134 cm³/mol. The Labute approximate surface area is 203 Å². The Morgan fingerprint density at radius 2 is 1.94 bits per heavy atom. The lowest BCUT2D eigenvalue weighted by Gasteiger charge is -2.35. The quantitative estimate of drug-likeness (QED) is 0.441. The van der Waals surface area contributed by atoms with Crippen molar-refractivity contribution < 1.29 is 9.47 Å². The fourth-order valence-corrected chi connectivity index (χ4v) is 5.64. The van der Waals surface area contributed by atoms with E-state index in [1.165, 1.54) is 11.9 Å². The van der Waals surface area contributed by atoms with Gasteiger partial charge in [-0.3, -0.25) is 4.57 Å². The zero-order valence-electron chi connectivity index (χ0n) is 20.5. The van der Waals surface area contributed by atoms with E-state index in [1.54, 1.807) is 11.6 Å². The molecule has 35 heavy (non-hydrogen) atoms. The zero-order chi connectivity index (χ0) is 24.1. The number of aromatic amines is 1. The molecule has 4 heterocycles. The Kier molecular flexibility index (Phi) is 5.61. The number of nitrogens with zero attached hydrogens (tertiary/aromatic N) is 4. The van der Waals surface area contributed by atoms with E-state index in [2.05, 4.69) is 46.4 Å². The highest BCUT2D eigenvalue weighted by atomic mass is 16.5. The Hall–Kier alpha value is -3.17. The van der Waals surface area contributed by atoms with E-state index in [9.17, 15) is 4.79 Å². The maximum atomic E-state index is 13.2. The monoisotopic (exact) mass is 476 g/mol. The number of methoxy groups -OCH3 is 1. The molecule has 0 radical (unpaired) electrons. The van der Waals surface area contributed by atoms with E-state index in [0.717, 1.165) is 61.1 Å². The summed E-state index contributed by atoms with van der Waals surface area (Å²) in [6, 6.07) is 7.51. The van der Waals surface area contributed by atoms with Crippen molar-refractivity contribution in [3.63, 3.8) is 0 Å². The number of rotatable bonds is 6. The Balaban J connectivity index is 1.38. The Morgan fingerprint density at radius 1 is 1.14 bits per heavy atom. The molecule has 9 nitrogen and oxygen atoms in total. The third-order valence-electron chi connectivity index (χ3n) is 7.55. The van der Waals surface area contributed by atoms with Crippen LogP contribution in [0, 0.1) is 0 Å². The van der Waals surface area contributed by atoms with Crippen molar-refractivity contribution in [2.24, 2.45) is 0 Å². The molecule has 2 fully saturated rings. The number of pyridine rings is 1. The van der Waals surface area contributed by atoms with Crippen LogP contribution in [0.25, 0.3) is 27.8 Å². The molecule has 6 rings (SSSR count). The van der Waals surface area contributed by atoms with Gasteiger partial charge in [0, 0.05) is 23.8 Å². The lowest BCUT2D eigenvalue weighted by molar-refractivity contribution is -0.0125. The number of fused-ring (bicyclic) bond motifs is 2. The molecule has 4 aromatic rings. The van der Waals surface area contributed by atoms with E-state index >= 15 is 0 Å². The standard InChI is InChI=1S/C26H32N6O3/c1-15(2)20-10-23-22(9-21(20)16-8-24(34-3)25-27-14-28-31(25)11-16)30-26(33)32(23)19-6-4-17(5-7-19)29-18-12-35-13-18/h8-11,14-15,17-19,29H,4-7,12-13H2,1-3H3,(H,30,33)/t17-,19-. The minimum Gasteiger partial charge on any atom is -0.493 e. The van der Waals surface area contributed by atoms with Crippen LogP contribution in [0.2, 0.25) is 0 Å². The fraction of sp³-hybridized carbons (Fsp3) is 0.500. The molecule has 1 aliphatic heterocycles. The summed E-state index contributed by atoms with van der Waals surface area (Å²) in [6.45, 7) is 6.01. The lowest BCUT2D eigenvalue weighted by atomic mass is 9.89. The topological polar surface area (TPSA) is 98.5 Å². The molecule has 2 aliphatic rings. The van der Waals surface area contributed by atoms with E-state index in [0.29, 0.717) is 23.5 Å². The van der Waals surface area contributed by atoms with Crippen LogP contribution in [0.3, 0.4) is 0 Å². The summed E-state index contributed by atoms with van der Waals surface area (Å²) in [6.07, 6.45) is 7.64. The summed E-state index contributed by atoms with van der Waals surface area (Å²) in [5.41, 5.74) is 5.72. The maximum Gasteiger partial charge on any atom is 0.326 e. The van der Waals surface area contributed by atoms with Crippen molar-refractivity contribution in [2.45, 2.75) is 63.6 Å². The summed E-state index contributed by atoms with van der Waals surface area (Å²) in [7, 11) is 1.64. The summed E-state index contributed by atoms with van der Waals surface area (Å²) in [5.74, 6) is 0.939. The average Bonchev–Trinajstić information content (AvgIpc) is 3.43. The van der Waals surface area contributed by atoms with Crippen LogP contribution in [-0.2, 0) is 4.74 Å². The van der Waals surface area contributed by atoms with Crippen molar-refractivity contribution in [1.82, 2.24) is 29.5 Å². The van der Waals surface area contributed by atoms with Crippen molar-refractivity contribution in [3.05, 3.63) is 46.8 Å². The molecular formula is C26H32N6O3. The molecule has 3 aromatic heterocycles. The maximum absolute atomic E-state index is 13.2. The molecule has 1 saturated carbocycles. The SMILES string of the molecule is COc1cc(-c2cc3[nH]c(=O)n([C@H]4CC[C@H](NC5COC5)CC4)c3cc2C(C)C)cn2ncnc12. The Morgan fingerprint density at radius 3 is 2.63 bits per heavy atom. The predicted octanol–water partition coefficient (Wildman–Crippen LogP) is 3.64. The van der Waals surface area contributed by atoms with Crippen LogP contribution in [0.15, 0.2) is 35.5 Å². The number of aromatic nitrogens is 5. The molecule has 1 aromatic carbocycles. The van der Waals surface area contributed by atoms with Gasteiger partial charge in [0.2, 0.25) is 0 Å². The molecule has 0 bridgehead atoms. The normalized spacial score (nSPS) is 21.1. The van der Waals surface area contributed by atoms with Crippen molar-refractivity contribution in [2.75, 3.05) is 20.3 Å². The highest BCUT2D eigenvalue weighted by Crippen LogP contribution is 2.37. The van der Waals surface area contributed by atoms with Gasteiger partial charge >= 0.3 is 5.69 Å². The van der Waals surface area contributed by atoms with E-state index in [1.807, 2.05) is 16.8 Å². The summed E-state index contributed by atoms with van der Waals surface area (Å²) >= 11 is 0. The summed E-state index contributed by atoms with van der Waals surface area (Å²) in [5, 5.41) is 8.01. The van der Waals surface area contributed by atoms with Gasteiger partial charge in [-0.1, -0.05) is 13.8 Å². The second kappa shape index (κ2) is 8.80. The average molecular weight is 477 g/mol. The number of ether oxygens (including phenoxy) is 2. The van der Waals surface area contributed by atoms with Crippen LogP contribution in [0.5, 0.6) is 5.75 Å². The van der Waals surface area contributed by atoms with Gasteiger partial charge in [0.1, 0.15) is 6.33 Å². The van der Waals surface area contributed by atoms with Gasteiger partial charge in [0.25, 0.3) is 0 Å². The molecule has 0 unspecified atom stereocenters. The molecule has 9 heteroatoms. The van der Waals surface area contributed by atoms with Crippen LogP contribution >= 0.6 is 0 Å². The van der Waals surface area contributed by atoms with Gasteiger partial charge in [0.05, 0.1) is 37.4 Å². The highest BCUT2D eigenvalue weighted by Gasteiger charge is 2.29. The first kappa shape index (κ1) is 22.3. The number of hydrogen-bond donors (Lipinski definition) is 2. The summed E-state index contributed by atoms with van der Waals surface area (Å²) in [4.78, 5) is 20.6. The number of imidazole rings is 1. The molecule has 0 spiro atoms. The number of H-pyrrole nitrogens is 1. The first-order valence-corrected chi connectivity index (χ1v) is 12.5. The van der Waals surface area contributed by atoms with Gasteiger partial charge in [-0.2, -0.15) is 5.10 Å². The van der Waals surface area contributed by atoms with Crippen molar-refractivity contribution in [1.29, 1.82) is 0 Å². The molecule has 184 valence electrons. The van der Waals surface area contributed by atoms with Gasteiger partial charge in [-0.05, 0) is 60.9 Å². The molecule has 2 N–H and O–H groups in total. The van der Waals surface area contributed by atoms with Crippen molar-refractivity contribution >= 4 is 16.7 Å². The van der Waals surface area contributed by atoms with E-state index in [-0.39, 0.29) is 17.6 Å². The Bertz CT molecular complexity index is 1420.